The first-order valence-electron chi connectivity index (χ1n) is 10.7. The van der Waals surface area contributed by atoms with Gasteiger partial charge in [-0.1, -0.05) is 35.6 Å². The van der Waals surface area contributed by atoms with Crippen molar-refractivity contribution < 1.29 is 14.3 Å². The van der Waals surface area contributed by atoms with Crippen molar-refractivity contribution in [3.8, 4) is 16.3 Å². The lowest BCUT2D eigenvalue weighted by Crippen LogP contribution is -2.42. The molecule has 5 rings (SSSR count). The molecule has 0 atom stereocenters. The van der Waals surface area contributed by atoms with Gasteiger partial charge in [-0.15, -0.1) is 11.3 Å². The van der Waals surface area contributed by atoms with E-state index < -0.39 is 11.8 Å². The summed E-state index contributed by atoms with van der Waals surface area (Å²) < 4.78 is 6.96. The van der Waals surface area contributed by atoms with Crippen LogP contribution in [0.2, 0.25) is 0 Å². The van der Waals surface area contributed by atoms with Gasteiger partial charge in [-0.25, -0.2) is 9.67 Å². The van der Waals surface area contributed by atoms with Crippen molar-refractivity contribution in [2.45, 2.75) is 6.92 Å². The number of para-hydroxylation sites is 1. The number of hydrogen-bond donors (Lipinski definition) is 2. The zero-order chi connectivity index (χ0) is 23.5. The maximum absolute atomic E-state index is 13.1. The summed E-state index contributed by atoms with van der Waals surface area (Å²) in [4.78, 5) is 33.9. The molecule has 34 heavy (non-hydrogen) atoms. The Morgan fingerprint density at radius 1 is 1.03 bits per heavy atom. The maximum atomic E-state index is 13.1. The number of ether oxygens (including phenoxy) is 1. The van der Waals surface area contributed by atoms with E-state index in [9.17, 15) is 9.59 Å². The van der Waals surface area contributed by atoms with Crippen LogP contribution in [0.1, 0.15) is 25.9 Å². The summed E-state index contributed by atoms with van der Waals surface area (Å²) in [5, 5.41) is 7.36. The van der Waals surface area contributed by atoms with Crippen LogP contribution < -0.4 is 15.8 Å². The lowest BCUT2D eigenvalue weighted by Gasteiger charge is -2.25. The normalized spacial score (nSPS) is 13.6. The second-order valence-corrected chi connectivity index (χ2v) is 9.48. The number of nitrogens with zero attached hydrogens (tertiary/aromatic N) is 4. The SMILES string of the molecule is Cc1nc(N2CCOCC2)sc1C(=O)NNC(=O)c1cc(-c2cccs2)nn1-c1ccccc1. The van der Waals surface area contributed by atoms with Gasteiger partial charge in [-0.05, 0) is 36.6 Å². The number of carbonyl (C=O) groups excluding carboxylic acids is 2. The summed E-state index contributed by atoms with van der Waals surface area (Å²) in [6.07, 6.45) is 0. The number of aromatic nitrogens is 3. The van der Waals surface area contributed by atoms with E-state index in [2.05, 4.69) is 25.8 Å². The van der Waals surface area contributed by atoms with Crippen LogP contribution in [0.4, 0.5) is 5.13 Å². The van der Waals surface area contributed by atoms with Crippen molar-refractivity contribution in [2.75, 3.05) is 31.2 Å². The standard InChI is InChI=1S/C23H22N6O3S2/c1-15-20(34-23(24-15)28-9-11-32-12-10-28)22(31)26-25-21(30)18-14-17(19-8-5-13-33-19)27-29(18)16-6-3-2-4-7-16/h2-8,13-14H,9-12H2,1H3,(H,25,30)(H,26,31). The number of rotatable bonds is 5. The number of hydrogen-bond acceptors (Lipinski definition) is 8. The first-order chi connectivity index (χ1) is 16.6. The van der Waals surface area contributed by atoms with Gasteiger partial charge < -0.3 is 9.64 Å². The van der Waals surface area contributed by atoms with Crippen LogP contribution >= 0.6 is 22.7 Å². The van der Waals surface area contributed by atoms with E-state index in [-0.39, 0.29) is 0 Å². The highest BCUT2D eigenvalue weighted by Crippen LogP contribution is 2.27. The number of nitrogens with one attached hydrogen (secondary N) is 2. The smallest absolute Gasteiger partial charge is 0.288 e. The molecule has 4 heterocycles. The Kier molecular flexibility index (Phi) is 6.39. The van der Waals surface area contributed by atoms with Gasteiger partial charge in [0.05, 0.1) is 29.5 Å². The predicted molar refractivity (Wildman–Crippen MR) is 132 cm³/mol. The Morgan fingerprint density at radius 2 is 1.79 bits per heavy atom. The average molecular weight is 495 g/mol. The number of benzene rings is 1. The van der Waals surface area contributed by atoms with Crippen LogP contribution in [0.3, 0.4) is 0 Å². The molecule has 1 aliphatic heterocycles. The molecule has 2 amide bonds. The Hall–Kier alpha value is -3.54. The summed E-state index contributed by atoms with van der Waals surface area (Å²) in [5.74, 6) is -0.879. The lowest BCUT2D eigenvalue weighted by molar-refractivity contribution is 0.0844. The monoisotopic (exact) mass is 494 g/mol. The van der Waals surface area contributed by atoms with Crippen molar-refractivity contribution in [1.29, 1.82) is 0 Å². The molecule has 0 bridgehead atoms. The summed E-state index contributed by atoms with van der Waals surface area (Å²) in [5.41, 5.74) is 7.42. The van der Waals surface area contributed by atoms with Gasteiger partial charge in [0.25, 0.3) is 11.8 Å². The predicted octanol–water partition coefficient (Wildman–Crippen LogP) is 3.28. The topological polar surface area (TPSA) is 101 Å². The lowest BCUT2D eigenvalue weighted by atomic mass is 10.3. The van der Waals surface area contributed by atoms with Crippen LogP contribution in [0.25, 0.3) is 16.3 Å². The highest BCUT2D eigenvalue weighted by atomic mass is 32.1. The number of morpholine rings is 1. The molecule has 174 valence electrons. The molecule has 3 aromatic heterocycles. The van der Waals surface area contributed by atoms with Crippen LogP contribution in [-0.2, 0) is 4.74 Å². The third kappa shape index (κ3) is 4.58. The second-order valence-electron chi connectivity index (χ2n) is 7.56. The van der Waals surface area contributed by atoms with Gasteiger partial charge >= 0.3 is 0 Å². The van der Waals surface area contributed by atoms with Gasteiger partial charge in [0.15, 0.2) is 5.13 Å². The molecular weight excluding hydrogens is 472 g/mol. The minimum absolute atomic E-state index is 0.310. The molecule has 1 aromatic carbocycles. The fraction of sp³-hybridized carbons (Fsp3) is 0.217. The van der Waals surface area contributed by atoms with E-state index in [1.165, 1.54) is 11.3 Å². The minimum Gasteiger partial charge on any atom is -0.378 e. The molecule has 0 aliphatic carbocycles. The molecule has 0 unspecified atom stereocenters. The summed E-state index contributed by atoms with van der Waals surface area (Å²) in [6, 6.07) is 15.0. The van der Waals surface area contributed by atoms with E-state index >= 15 is 0 Å². The molecular formula is C23H22N6O3S2. The second kappa shape index (κ2) is 9.75. The molecule has 0 saturated carbocycles. The zero-order valence-electron chi connectivity index (χ0n) is 18.4. The van der Waals surface area contributed by atoms with Gasteiger partial charge in [0.1, 0.15) is 16.3 Å². The molecule has 1 fully saturated rings. The van der Waals surface area contributed by atoms with Gasteiger partial charge in [0, 0.05) is 13.1 Å². The Balaban J connectivity index is 1.34. The number of anilines is 1. The molecule has 1 aliphatic rings. The third-order valence-corrected chi connectivity index (χ3v) is 7.39. The summed E-state index contributed by atoms with van der Waals surface area (Å²) in [7, 11) is 0. The largest absolute Gasteiger partial charge is 0.378 e. The maximum Gasteiger partial charge on any atom is 0.288 e. The molecule has 4 aromatic rings. The summed E-state index contributed by atoms with van der Waals surface area (Å²) >= 11 is 2.85. The van der Waals surface area contributed by atoms with E-state index in [0.717, 1.165) is 28.8 Å². The number of carbonyl (C=O) groups is 2. The van der Waals surface area contributed by atoms with Crippen LogP contribution in [-0.4, -0.2) is 52.9 Å². The van der Waals surface area contributed by atoms with Crippen molar-refractivity contribution in [1.82, 2.24) is 25.6 Å². The molecule has 2 N–H and O–H groups in total. The van der Waals surface area contributed by atoms with Crippen molar-refractivity contribution >= 4 is 39.6 Å². The number of aryl methyl sites for hydroxylation is 1. The Morgan fingerprint density at radius 3 is 2.53 bits per heavy atom. The molecule has 9 nitrogen and oxygen atoms in total. The highest BCUT2D eigenvalue weighted by molar-refractivity contribution is 7.17. The Bertz CT molecular complexity index is 1290. The number of amides is 2. The molecule has 0 radical (unpaired) electrons. The fourth-order valence-corrected chi connectivity index (χ4v) is 5.27. The van der Waals surface area contributed by atoms with Crippen LogP contribution in [0, 0.1) is 6.92 Å². The average Bonchev–Trinajstić information content (AvgIpc) is 3.63. The van der Waals surface area contributed by atoms with Gasteiger partial charge in [-0.2, -0.15) is 5.10 Å². The van der Waals surface area contributed by atoms with Crippen LogP contribution in [0.5, 0.6) is 0 Å². The zero-order valence-corrected chi connectivity index (χ0v) is 20.0. The molecule has 11 heteroatoms. The molecule has 0 spiro atoms. The number of thiazole rings is 1. The first-order valence-corrected chi connectivity index (χ1v) is 12.4. The number of thiophene rings is 1. The third-order valence-electron chi connectivity index (χ3n) is 5.28. The van der Waals surface area contributed by atoms with E-state index in [1.54, 1.807) is 29.0 Å². The van der Waals surface area contributed by atoms with Gasteiger partial charge in [-0.3, -0.25) is 20.4 Å². The van der Waals surface area contributed by atoms with Crippen molar-refractivity contribution in [3.05, 3.63) is 70.2 Å². The first kappa shape index (κ1) is 22.3. The molecule has 1 saturated heterocycles. The van der Waals surface area contributed by atoms with Gasteiger partial charge in [0.2, 0.25) is 0 Å². The van der Waals surface area contributed by atoms with E-state index in [0.29, 0.717) is 35.2 Å². The quantitative estimate of drug-likeness (QED) is 0.413. The highest BCUT2D eigenvalue weighted by Gasteiger charge is 2.22. The van der Waals surface area contributed by atoms with Crippen molar-refractivity contribution in [3.63, 3.8) is 0 Å². The summed E-state index contributed by atoms with van der Waals surface area (Å²) in [6.45, 7) is 4.54. The fourth-order valence-electron chi connectivity index (χ4n) is 3.57. The number of hydrazine groups is 1. The van der Waals surface area contributed by atoms with Crippen molar-refractivity contribution in [2.24, 2.45) is 0 Å². The minimum atomic E-state index is -0.469. The van der Waals surface area contributed by atoms with E-state index in [1.807, 2.05) is 47.8 Å². The van der Waals surface area contributed by atoms with Crippen LogP contribution in [0.15, 0.2) is 53.9 Å². The van der Waals surface area contributed by atoms with E-state index in [4.69, 9.17) is 4.74 Å². The Labute approximate surface area is 204 Å².